The number of nitro benzene ring substituents is 1. The summed E-state index contributed by atoms with van der Waals surface area (Å²) in [7, 11) is 0. The van der Waals surface area contributed by atoms with E-state index < -0.39 is 22.4 Å². The summed E-state index contributed by atoms with van der Waals surface area (Å²) in [5, 5.41) is 19.6. The van der Waals surface area contributed by atoms with Gasteiger partial charge in [-0.3, -0.25) is 10.1 Å². The molecule has 0 aliphatic heterocycles. The number of ether oxygens (including phenoxy) is 1. The van der Waals surface area contributed by atoms with Crippen LogP contribution in [0, 0.1) is 19.5 Å². The Bertz CT molecular complexity index is 734. The second-order valence-electron chi connectivity index (χ2n) is 3.95. The van der Waals surface area contributed by atoms with E-state index in [1.807, 2.05) is 22.6 Å². The van der Waals surface area contributed by atoms with Gasteiger partial charge in [0.25, 0.3) is 5.69 Å². The highest BCUT2D eigenvalue weighted by molar-refractivity contribution is 14.1. The van der Waals surface area contributed by atoms with Crippen LogP contribution in [-0.4, -0.2) is 16.0 Å². The van der Waals surface area contributed by atoms with Crippen molar-refractivity contribution in [1.82, 2.24) is 0 Å². The summed E-state index contributed by atoms with van der Waals surface area (Å²) in [6, 6.07) is 6.99. The highest BCUT2D eigenvalue weighted by atomic mass is 127. The van der Waals surface area contributed by atoms with E-state index >= 15 is 0 Å². The molecule has 8 heteroatoms. The summed E-state index contributed by atoms with van der Waals surface area (Å²) in [4.78, 5) is 20.8. The second-order valence-corrected chi connectivity index (χ2v) is 5.12. The number of hydrogen-bond donors (Lipinski definition) is 1. The molecule has 0 aliphatic rings. The molecular formula is C13H7FINO5. The first-order chi connectivity index (χ1) is 9.86. The van der Waals surface area contributed by atoms with Gasteiger partial charge < -0.3 is 9.84 Å². The summed E-state index contributed by atoms with van der Waals surface area (Å²) in [6.45, 7) is 0. The number of aromatic carboxylic acids is 1. The van der Waals surface area contributed by atoms with Crippen molar-refractivity contribution >= 4 is 34.2 Å². The summed E-state index contributed by atoms with van der Waals surface area (Å²) in [5.74, 6) is -1.86. The minimum Gasteiger partial charge on any atom is -0.478 e. The first-order valence-electron chi connectivity index (χ1n) is 5.52. The molecule has 0 saturated carbocycles. The van der Waals surface area contributed by atoms with E-state index in [4.69, 9.17) is 9.84 Å². The number of nitrogens with zero attached hydrogens (tertiary/aromatic N) is 1. The third kappa shape index (κ3) is 3.66. The summed E-state index contributed by atoms with van der Waals surface area (Å²) in [5.41, 5.74) is -0.453. The lowest BCUT2D eigenvalue weighted by molar-refractivity contribution is -0.385. The quantitative estimate of drug-likeness (QED) is 0.476. The molecule has 0 bridgehead atoms. The fourth-order valence-electron chi connectivity index (χ4n) is 1.55. The Kier molecular flexibility index (Phi) is 4.36. The first-order valence-corrected chi connectivity index (χ1v) is 6.60. The number of nitro groups is 1. The van der Waals surface area contributed by atoms with Crippen molar-refractivity contribution in [2.75, 3.05) is 0 Å². The molecule has 0 amide bonds. The van der Waals surface area contributed by atoms with Gasteiger partial charge in [-0.1, -0.05) is 0 Å². The Balaban J connectivity index is 2.40. The van der Waals surface area contributed by atoms with Gasteiger partial charge in [-0.15, -0.1) is 0 Å². The third-order valence-electron chi connectivity index (χ3n) is 2.47. The molecule has 0 saturated heterocycles. The SMILES string of the molecule is O=C(O)c1ccc(I)c(Oc2cc(F)cc([N+](=O)[O-])c2)c1. The van der Waals surface area contributed by atoms with Crippen LogP contribution in [0.3, 0.4) is 0 Å². The number of carboxylic acid groups (broad SMARTS) is 1. The van der Waals surface area contributed by atoms with Gasteiger partial charge in [-0.05, 0) is 40.8 Å². The molecule has 6 nitrogen and oxygen atoms in total. The van der Waals surface area contributed by atoms with Crippen LogP contribution < -0.4 is 4.74 Å². The highest BCUT2D eigenvalue weighted by Gasteiger charge is 2.13. The van der Waals surface area contributed by atoms with Crippen molar-refractivity contribution in [2.45, 2.75) is 0 Å². The zero-order valence-electron chi connectivity index (χ0n) is 10.2. The first kappa shape index (κ1) is 15.2. The molecule has 0 spiro atoms. The average Bonchev–Trinajstić information content (AvgIpc) is 2.40. The molecule has 1 N–H and O–H groups in total. The van der Waals surface area contributed by atoms with E-state index in [0.717, 1.165) is 18.2 Å². The van der Waals surface area contributed by atoms with E-state index in [2.05, 4.69) is 0 Å². The third-order valence-corrected chi connectivity index (χ3v) is 3.36. The van der Waals surface area contributed by atoms with E-state index in [1.165, 1.54) is 18.2 Å². The van der Waals surface area contributed by atoms with E-state index in [0.29, 0.717) is 3.57 Å². The lowest BCUT2D eigenvalue weighted by Crippen LogP contribution is -1.98. The lowest BCUT2D eigenvalue weighted by Gasteiger charge is -2.08. The van der Waals surface area contributed by atoms with Crippen molar-refractivity contribution in [3.63, 3.8) is 0 Å². The van der Waals surface area contributed by atoms with Gasteiger partial charge in [0.1, 0.15) is 17.3 Å². The topological polar surface area (TPSA) is 89.7 Å². The van der Waals surface area contributed by atoms with Crippen LogP contribution in [0.5, 0.6) is 11.5 Å². The van der Waals surface area contributed by atoms with Crippen LogP contribution in [0.2, 0.25) is 0 Å². The minimum absolute atomic E-state index is 0.00341. The zero-order valence-corrected chi connectivity index (χ0v) is 12.4. The Morgan fingerprint density at radius 2 is 2.00 bits per heavy atom. The number of halogens is 2. The molecule has 0 aromatic heterocycles. The van der Waals surface area contributed by atoms with Gasteiger partial charge >= 0.3 is 5.97 Å². The van der Waals surface area contributed by atoms with Crippen LogP contribution in [0.4, 0.5) is 10.1 Å². The Morgan fingerprint density at radius 1 is 1.29 bits per heavy atom. The summed E-state index contributed by atoms with van der Waals surface area (Å²) >= 11 is 1.91. The van der Waals surface area contributed by atoms with Gasteiger partial charge in [0.2, 0.25) is 0 Å². The van der Waals surface area contributed by atoms with Gasteiger partial charge in [-0.25, -0.2) is 9.18 Å². The van der Waals surface area contributed by atoms with Gasteiger partial charge in [-0.2, -0.15) is 0 Å². The maximum absolute atomic E-state index is 13.3. The standard InChI is InChI=1S/C13H7FINO5/c14-8-4-9(16(19)20)6-10(5-8)21-12-3-7(13(17)18)1-2-11(12)15/h1-6H,(H,17,18). The van der Waals surface area contributed by atoms with Crippen molar-refractivity contribution in [2.24, 2.45) is 0 Å². The largest absolute Gasteiger partial charge is 0.478 e. The lowest BCUT2D eigenvalue weighted by atomic mass is 10.2. The average molecular weight is 403 g/mol. The Hall–Kier alpha value is -2.23. The Labute approximate surface area is 131 Å². The molecule has 2 aromatic rings. The summed E-state index contributed by atoms with van der Waals surface area (Å²) < 4.78 is 19.3. The van der Waals surface area contributed by atoms with Crippen LogP contribution in [0.1, 0.15) is 10.4 Å². The van der Waals surface area contributed by atoms with Gasteiger partial charge in [0.05, 0.1) is 26.2 Å². The highest BCUT2D eigenvalue weighted by Crippen LogP contribution is 2.30. The molecular weight excluding hydrogens is 396 g/mol. The molecule has 0 atom stereocenters. The van der Waals surface area contributed by atoms with Crippen molar-refractivity contribution in [3.8, 4) is 11.5 Å². The van der Waals surface area contributed by atoms with Crippen LogP contribution in [-0.2, 0) is 0 Å². The van der Waals surface area contributed by atoms with Crippen LogP contribution >= 0.6 is 22.6 Å². The number of carboxylic acids is 1. The fraction of sp³-hybridized carbons (Fsp3) is 0. The molecule has 0 heterocycles. The van der Waals surface area contributed by atoms with E-state index in [-0.39, 0.29) is 17.1 Å². The maximum atomic E-state index is 13.3. The summed E-state index contributed by atoms with van der Waals surface area (Å²) in [6.07, 6.45) is 0. The van der Waals surface area contributed by atoms with E-state index in [1.54, 1.807) is 0 Å². The number of non-ortho nitro benzene ring substituents is 1. The number of hydrogen-bond acceptors (Lipinski definition) is 4. The molecule has 108 valence electrons. The smallest absolute Gasteiger partial charge is 0.335 e. The number of carbonyl (C=O) groups is 1. The molecule has 0 radical (unpaired) electrons. The molecule has 21 heavy (non-hydrogen) atoms. The van der Waals surface area contributed by atoms with Crippen LogP contribution in [0.25, 0.3) is 0 Å². The van der Waals surface area contributed by atoms with Gasteiger partial charge in [0, 0.05) is 6.07 Å². The number of benzene rings is 2. The van der Waals surface area contributed by atoms with Crippen LogP contribution in [0.15, 0.2) is 36.4 Å². The van der Waals surface area contributed by atoms with Crippen molar-refractivity contribution in [1.29, 1.82) is 0 Å². The molecule has 2 rings (SSSR count). The number of rotatable bonds is 4. The monoisotopic (exact) mass is 403 g/mol. The zero-order chi connectivity index (χ0) is 15.6. The normalized spacial score (nSPS) is 10.2. The predicted octanol–water partition coefficient (Wildman–Crippen LogP) is 3.83. The molecule has 0 fully saturated rings. The minimum atomic E-state index is -1.14. The predicted molar refractivity (Wildman–Crippen MR) is 79.2 cm³/mol. The van der Waals surface area contributed by atoms with E-state index in [9.17, 15) is 19.3 Å². The molecule has 2 aromatic carbocycles. The maximum Gasteiger partial charge on any atom is 0.335 e. The fourth-order valence-corrected chi connectivity index (χ4v) is 2.00. The Morgan fingerprint density at radius 3 is 2.62 bits per heavy atom. The second kappa shape index (κ2) is 6.04. The van der Waals surface area contributed by atoms with Crippen molar-refractivity contribution < 1.29 is 24.0 Å². The van der Waals surface area contributed by atoms with Gasteiger partial charge in [0.15, 0.2) is 0 Å². The molecule has 0 aliphatic carbocycles. The van der Waals surface area contributed by atoms with Crippen molar-refractivity contribution in [3.05, 3.63) is 61.5 Å². The molecule has 0 unspecified atom stereocenters.